The molecular formula is C121H137BN4. The Morgan fingerprint density at radius 1 is 0.270 bits per heavy atom. The Morgan fingerprint density at radius 3 is 0.881 bits per heavy atom. The van der Waals surface area contributed by atoms with Crippen LogP contribution in [0.3, 0.4) is 0 Å². The highest BCUT2D eigenvalue weighted by molar-refractivity contribution is 7.00. The molecule has 5 heteroatoms. The summed E-state index contributed by atoms with van der Waals surface area (Å²) in [6.07, 6.45) is -12.0. The van der Waals surface area contributed by atoms with Crippen LogP contribution in [0.25, 0.3) is 99.5 Å². The van der Waals surface area contributed by atoms with Crippen LogP contribution < -0.4 is 26.2 Å². The van der Waals surface area contributed by atoms with Gasteiger partial charge in [-0.2, -0.15) is 0 Å². The fourth-order valence-electron chi connectivity index (χ4n) is 18.8. The first-order valence-corrected chi connectivity index (χ1v) is 45.0. The van der Waals surface area contributed by atoms with Crippen molar-refractivity contribution in [2.24, 2.45) is 37.9 Å². The summed E-state index contributed by atoms with van der Waals surface area (Å²) in [5.74, 6) is 0. The minimum atomic E-state index is -2.17. The van der Waals surface area contributed by atoms with Crippen LogP contribution in [0.2, 0.25) is 0 Å². The van der Waals surface area contributed by atoms with Gasteiger partial charge in [0.2, 0.25) is 0 Å². The molecule has 0 bridgehead atoms. The van der Waals surface area contributed by atoms with Gasteiger partial charge in [0.15, 0.2) is 0 Å². The number of rotatable bonds is 15. The van der Waals surface area contributed by atoms with E-state index in [2.05, 4.69) is 109 Å². The fourth-order valence-corrected chi connectivity index (χ4v) is 18.8. The molecule has 0 fully saturated rings. The van der Waals surface area contributed by atoms with Crippen molar-refractivity contribution in [3.63, 3.8) is 0 Å². The van der Waals surface area contributed by atoms with Crippen molar-refractivity contribution in [1.82, 2.24) is 9.13 Å². The van der Waals surface area contributed by atoms with Crippen LogP contribution in [0.5, 0.6) is 0 Å². The zero-order chi connectivity index (χ0) is 108. The molecule has 15 aromatic rings. The quantitative estimate of drug-likeness (QED) is 0.0951. The van der Waals surface area contributed by atoms with Gasteiger partial charge in [-0.1, -0.05) is 345 Å². The molecule has 0 aliphatic carbocycles. The average molecular weight is 1680 g/mol. The van der Waals surface area contributed by atoms with Gasteiger partial charge >= 0.3 is 0 Å². The second-order valence-electron chi connectivity index (χ2n) is 44.9. The van der Waals surface area contributed by atoms with Crippen molar-refractivity contribution in [3.8, 4) is 55.9 Å². The molecule has 0 saturated heterocycles. The van der Waals surface area contributed by atoms with E-state index in [9.17, 15) is 27.4 Å². The highest BCUT2D eigenvalue weighted by Gasteiger charge is 2.47. The maximum atomic E-state index is 10.7. The Kier molecular flexibility index (Phi) is 16.4. The zero-order valence-corrected chi connectivity index (χ0v) is 79.2. The van der Waals surface area contributed by atoms with Gasteiger partial charge in [-0.3, -0.25) is 0 Å². The lowest BCUT2D eigenvalue weighted by atomic mass is 9.33. The summed E-state index contributed by atoms with van der Waals surface area (Å²) in [7, 11) is 0. The molecule has 2 aromatic heterocycles. The summed E-state index contributed by atoms with van der Waals surface area (Å²) in [5, 5.41) is 1.77. The molecule has 644 valence electrons. The van der Waals surface area contributed by atoms with Crippen LogP contribution in [-0.4, -0.2) is 15.8 Å². The van der Waals surface area contributed by atoms with E-state index < -0.39 is 118 Å². The van der Waals surface area contributed by atoms with Gasteiger partial charge in [-0.15, -0.1) is 0 Å². The summed E-state index contributed by atoms with van der Waals surface area (Å²) in [6.45, 7) is 51.7. The second kappa shape index (κ2) is 31.6. The van der Waals surface area contributed by atoms with Gasteiger partial charge in [0, 0.05) is 94.4 Å². The van der Waals surface area contributed by atoms with Crippen LogP contribution in [-0.2, 0) is 55.5 Å². The van der Waals surface area contributed by atoms with Crippen molar-refractivity contribution in [3.05, 3.63) is 305 Å². The van der Waals surface area contributed by atoms with E-state index in [1.165, 1.54) is 0 Å². The lowest BCUT2D eigenvalue weighted by molar-refractivity contribution is 0.410. The Morgan fingerprint density at radius 2 is 0.579 bits per heavy atom. The van der Waals surface area contributed by atoms with Gasteiger partial charge in [0.25, 0.3) is 6.71 Å². The Hall–Kier alpha value is -10.9. The van der Waals surface area contributed by atoms with E-state index in [0.717, 1.165) is 16.7 Å². The van der Waals surface area contributed by atoms with Gasteiger partial charge in [0.05, 0.1) is 44.4 Å². The molecule has 0 amide bonds. The average Bonchev–Trinajstić information content (AvgIpc) is 0.900. The molecular weight excluding hydrogens is 1520 g/mol. The predicted octanol–water partition coefficient (Wildman–Crippen LogP) is 32.3. The number of benzene rings is 13. The van der Waals surface area contributed by atoms with Crippen LogP contribution in [0.15, 0.2) is 255 Å². The van der Waals surface area contributed by atoms with Gasteiger partial charge < -0.3 is 18.9 Å². The molecule has 0 unspecified atom stereocenters. The molecule has 2 aliphatic rings. The largest absolute Gasteiger partial charge is 0.310 e. The molecule has 0 atom stereocenters. The summed E-state index contributed by atoms with van der Waals surface area (Å²) in [5.41, 5.74) is 8.31. The van der Waals surface area contributed by atoms with Gasteiger partial charge in [-0.25, -0.2) is 0 Å². The van der Waals surface area contributed by atoms with Crippen molar-refractivity contribution in [2.75, 3.05) is 9.80 Å². The standard InChI is InChI=1S/C121H137BN4/c1-113(2,3)70-77-36-32-40-84(56-77)94-60-81(74-117(13,14)15)61-95(85-41-33-37-78(57-85)71-114(4,5)6)111(94)125-106-68-90(123-102-46-30-28-44-92(102)98-66-88(120(22,23)24)48-54-104(98)123)50-52-100(106)122-101-53-51-91(124-103-47-31-29-45-93(103)99-67-89(121(25,26)27)49-55-105(99)124)69-107(101)126(109-65-83(76-119(19,20)21)64-108(125)110(109)122)112-96(86-42-34-38-79(58-86)72-115(7,8)9)62-82(75-118(16,17)18)63-97(112)87-43-35-39-80(59-87)73-116(10,11)12/h28-69H,70-76H2,1-27H3/i28D,29D,30D,31D,44D,45D,46D,47D,70D2,71D2,72D2,73D2,74D2,75D2. The summed E-state index contributed by atoms with van der Waals surface area (Å²) < 4.78 is 207. The molecule has 17 rings (SSSR count). The van der Waals surface area contributed by atoms with E-state index in [4.69, 9.17) is 0 Å². The normalized spacial score (nSPS) is 16.7. The maximum absolute atomic E-state index is 10.7. The minimum absolute atomic E-state index is 0.212. The Bertz CT molecular complexity index is 7270. The number of aromatic nitrogens is 2. The van der Waals surface area contributed by atoms with Crippen LogP contribution in [0.4, 0.5) is 34.1 Å². The van der Waals surface area contributed by atoms with E-state index in [-0.39, 0.29) is 46.3 Å². The molecule has 4 nitrogen and oxygen atoms in total. The Balaban J connectivity index is 1.17. The highest BCUT2D eigenvalue weighted by Crippen LogP contribution is 2.56. The number of para-hydroxylation sites is 2. The predicted molar refractivity (Wildman–Crippen MR) is 550 cm³/mol. The number of hydrogen-bond donors (Lipinski definition) is 0. The first kappa shape index (κ1) is 65.7. The molecule has 0 radical (unpaired) electrons. The van der Waals surface area contributed by atoms with E-state index in [1.807, 2.05) is 279 Å². The fraction of sp³-hybridized carbons (Fsp3) is 0.355. The maximum Gasteiger partial charge on any atom is 0.252 e. The topological polar surface area (TPSA) is 16.3 Å². The SMILES string of the molecule is [2H]c1c([2H])c([2H])c2c(c1[2H])c1cc(C(C)(C)C)ccc1n2-c1ccc2c(c1)N(c1c(-c3cccc(C([2H])([2H])C(C)(C)C)c3)cc(C([2H])([2H])C(C)(C)C)cc1-c1cccc(C([2H])([2H])C(C)(C)C)c1)c1cc(CC(C)(C)C)cc3c1B2c1ccc(-n2c4ccc(C(C)(C)C)cc4c4c([2H])c([2H])c([2H])c([2H])c42)cc1N3c1c(-c2cccc(C([2H])([2H])C(C)(C)C)c2)cc(C([2H])([2H])C(C)(C)C)cc1-c1cccc(C([2H])([2H])C(C)(C)C)c1. The molecule has 2 aliphatic heterocycles. The van der Waals surface area contributed by atoms with Crippen molar-refractivity contribution < 1.29 is 27.4 Å². The molecule has 0 spiro atoms. The molecule has 13 aromatic carbocycles. The third-order valence-corrected chi connectivity index (χ3v) is 23.4. The van der Waals surface area contributed by atoms with Gasteiger partial charge in [-0.05, 0) is 279 Å². The summed E-state index contributed by atoms with van der Waals surface area (Å²) in [4.78, 5) is 4.48. The van der Waals surface area contributed by atoms with Crippen molar-refractivity contribution in [1.29, 1.82) is 0 Å². The summed E-state index contributed by atoms with van der Waals surface area (Å²) in [6, 6.07) is 63.5. The molecule has 0 saturated carbocycles. The van der Waals surface area contributed by atoms with Crippen LogP contribution in [0, 0.1) is 37.9 Å². The van der Waals surface area contributed by atoms with Crippen LogP contribution >= 0.6 is 0 Å². The summed E-state index contributed by atoms with van der Waals surface area (Å²) >= 11 is 0. The number of hydrogen-bond acceptors (Lipinski definition) is 2. The first-order valence-electron chi connectivity index (χ1n) is 55.0. The highest BCUT2D eigenvalue weighted by atomic mass is 15.2. The van der Waals surface area contributed by atoms with Crippen molar-refractivity contribution >= 4 is 101 Å². The smallest absolute Gasteiger partial charge is 0.252 e. The third-order valence-electron chi connectivity index (χ3n) is 23.4. The number of anilines is 6. The van der Waals surface area contributed by atoms with E-state index >= 15 is 0 Å². The van der Waals surface area contributed by atoms with E-state index in [1.54, 1.807) is 24.3 Å². The monoisotopic (exact) mass is 1680 g/mol. The van der Waals surface area contributed by atoms with E-state index in [0.29, 0.717) is 168 Å². The van der Waals surface area contributed by atoms with Gasteiger partial charge in [0.1, 0.15) is 0 Å². The molecule has 4 heterocycles. The number of fused-ring (bicyclic) bond motifs is 10. The lowest BCUT2D eigenvalue weighted by Crippen LogP contribution is -2.61. The number of nitrogens with zero attached hydrogens (tertiary/aromatic N) is 4. The zero-order valence-electron chi connectivity index (χ0n) is 99.2. The second-order valence-corrected chi connectivity index (χ2v) is 44.9. The molecule has 0 N–H and O–H groups in total. The Labute approximate surface area is 784 Å². The third kappa shape index (κ3) is 17.9. The lowest BCUT2D eigenvalue weighted by Gasteiger charge is -2.46. The van der Waals surface area contributed by atoms with Crippen molar-refractivity contribution in [2.45, 2.75) is 242 Å². The molecule has 126 heavy (non-hydrogen) atoms. The first-order chi connectivity index (χ1) is 67.0. The minimum Gasteiger partial charge on any atom is -0.310 e. The van der Waals surface area contributed by atoms with Crippen LogP contribution in [0.1, 0.15) is 264 Å².